The van der Waals surface area contributed by atoms with Gasteiger partial charge in [-0.3, -0.25) is 9.89 Å². The topological polar surface area (TPSA) is 110 Å². The molecule has 0 saturated heterocycles. The molecule has 2 heterocycles. The first-order chi connectivity index (χ1) is 15.9. The minimum absolute atomic E-state index is 0.00251. The highest BCUT2D eigenvalue weighted by Gasteiger charge is 2.51. The molecule has 0 bridgehead atoms. The van der Waals surface area contributed by atoms with Gasteiger partial charge in [0.2, 0.25) is 5.91 Å². The molecule has 1 fully saturated rings. The SMILES string of the molecule is CC1(C)c2[nH]nc(NC(=O)C3(S(C)(C)C)CCC3)c2CN1C(=O)N[C@H](CO)c1cccc(F)c1. The zero-order valence-corrected chi connectivity index (χ0v) is 21.2. The van der Waals surface area contributed by atoms with Gasteiger partial charge in [-0.05, 0) is 69.6 Å². The first-order valence-electron chi connectivity index (χ1n) is 11.4. The van der Waals surface area contributed by atoms with E-state index in [0.717, 1.165) is 30.5 Å². The highest BCUT2D eigenvalue weighted by atomic mass is 32.3. The van der Waals surface area contributed by atoms with E-state index in [-0.39, 0.29) is 23.8 Å². The second kappa shape index (κ2) is 8.57. The number of nitrogens with zero attached hydrogens (tertiary/aromatic N) is 2. The average Bonchev–Trinajstić information content (AvgIpc) is 3.22. The quantitative estimate of drug-likeness (QED) is 0.495. The van der Waals surface area contributed by atoms with Gasteiger partial charge in [-0.25, -0.2) is 19.2 Å². The molecule has 0 unspecified atom stereocenters. The van der Waals surface area contributed by atoms with E-state index in [0.29, 0.717) is 11.4 Å². The van der Waals surface area contributed by atoms with Crippen molar-refractivity contribution in [2.24, 2.45) is 0 Å². The summed E-state index contributed by atoms with van der Waals surface area (Å²) in [5.41, 5.74) is 1.30. The van der Waals surface area contributed by atoms with Crippen LogP contribution in [-0.4, -0.2) is 62.3 Å². The van der Waals surface area contributed by atoms with Crippen molar-refractivity contribution in [3.05, 3.63) is 46.9 Å². The fourth-order valence-electron chi connectivity index (χ4n) is 4.97. The lowest BCUT2D eigenvalue weighted by Crippen LogP contribution is -2.51. The highest BCUT2D eigenvalue weighted by Crippen LogP contribution is 2.60. The number of anilines is 1. The van der Waals surface area contributed by atoms with Crippen LogP contribution in [0.3, 0.4) is 0 Å². The lowest BCUT2D eigenvalue weighted by molar-refractivity contribution is -0.120. The number of H-pyrrole nitrogens is 1. The number of amides is 3. The Morgan fingerprint density at radius 3 is 2.56 bits per heavy atom. The number of benzene rings is 1. The summed E-state index contributed by atoms with van der Waals surface area (Å²) < 4.78 is 13.3. The molecule has 0 radical (unpaired) electrons. The van der Waals surface area contributed by atoms with Gasteiger partial charge in [-0.2, -0.15) is 5.10 Å². The summed E-state index contributed by atoms with van der Waals surface area (Å²) in [6, 6.07) is 4.66. The van der Waals surface area contributed by atoms with Gasteiger partial charge < -0.3 is 20.6 Å². The standard InChI is InChI=1S/C24H34FN5O3S/c1-23(2)19-17(20(29-28-19)27-21(32)24(10-7-11-24)34(3,4)5)13-30(23)22(33)26-18(14-31)15-8-6-9-16(25)12-15/h6,8-9,12,18,31H,7,10-11,13-14H2,1-5H3,(H,26,33)(H2,27,28,29,32)/t18-/m1/s1. The van der Waals surface area contributed by atoms with Gasteiger partial charge in [0, 0.05) is 5.56 Å². The summed E-state index contributed by atoms with van der Waals surface area (Å²) in [5.74, 6) is 0.0271. The number of hydrogen-bond donors (Lipinski definition) is 4. The maximum absolute atomic E-state index is 13.6. The molecule has 2 aromatic rings. The first kappa shape index (κ1) is 24.5. The number of nitrogens with one attached hydrogen (secondary N) is 3. The molecule has 2 aliphatic rings. The third-order valence-corrected chi connectivity index (χ3v) is 10.4. The second-order valence-corrected chi connectivity index (χ2v) is 14.9. The van der Waals surface area contributed by atoms with Crippen molar-refractivity contribution in [3.8, 4) is 0 Å². The van der Waals surface area contributed by atoms with Crippen molar-refractivity contribution in [3.63, 3.8) is 0 Å². The van der Waals surface area contributed by atoms with Crippen LogP contribution in [0.2, 0.25) is 0 Å². The number of aromatic nitrogens is 2. The van der Waals surface area contributed by atoms with Crippen molar-refractivity contribution in [2.45, 2.75) is 56.0 Å². The minimum atomic E-state index is -1.11. The van der Waals surface area contributed by atoms with Gasteiger partial charge in [0.15, 0.2) is 5.82 Å². The van der Waals surface area contributed by atoms with Crippen molar-refractivity contribution in [1.29, 1.82) is 0 Å². The highest BCUT2D eigenvalue weighted by molar-refractivity contribution is 8.33. The van der Waals surface area contributed by atoms with Crippen molar-refractivity contribution in [1.82, 2.24) is 20.4 Å². The molecule has 3 amide bonds. The largest absolute Gasteiger partial charge is 0.394 e. The lowest BCUT2D eigenvalue weighted by atomic mass is 9.83. The summed E-state index contributed by atoms with van der Waals surface area (Å²) in [6.45, 7) is 3.67. The van der Waals surface area contributed by atoms with Crippen LogP contribution in [0.5, 0.6) is 0 Å². The van der Waals surface area contributed by atoms with Crippen molar-refractivity contribution >= 4 is 27.8 Å². The van der Waals surface area contributed by atoms with Crippen LogP contribution in [0.25, 0.3) is 0 Å². The molecule has 1 aliphatic heterocycles. The van der Waals surface area contributed by atoms with Crippen molar-refractivity contribution in [2.75, 3.05) is 30.7 Å². The molecule has 34 heavy (non-hydrogen) atoms. The molecule has 1 atom stereocenters. The summed E-state index contributed by atoms with van der Waals surface area (Å²) in [7, 11) is -1.11. The summed E-state index contributed by atoms with van der Waals surface area (Å²) in [4.78, 5) is 28.2. The third kappa shape index (κ3) is 3.96. The summed E-state index contributed by atoms with van der Waals surface area (Å²) in [5, 5.41) is 23.1. The number of rotatable bonds is 6. The predicted molar refractivity (Wildman–Crippen MR) is 132 cm³/mol. The number of aromatic amines is 1. The number of aliphatic hydroxyl groups is 1. The summed E-state index contributed by atoms with van der Waals surface area (Å²) >= 11 is 0. The monoisotopic (exact) mass is 491 g/mol. The Balaban J connectivity index is 1.52. The number of urea groups is 1. The number of aliphatic hydroxyl groups excluding tert-OH is 1. The zero-order chi connectivity index (χ0) is 24.9. The maximum Gasteiger partial charge on any atom is 0.319 e. The molecular weight excluding hydrogens is 457 g/mol. The van der Waals surface area contributed by atoms with E-state index in [2.05, 4.69) is 39.6 Å². The third-order valence-electron chi connectivity index (χ3n) is 7.43. The number of carbonyl (C=O) groups is 2. The smallest absolute Gasteiger partial charge is 0.319 e. The van der Waals surface area contributed by atoms with Crippen LogP contribution >= 0.6 is 10.0 Å². The van der Waals surface area contributed by atoms with Crippen LogP contribution in [-0.2, 0) is 16.9 Å². The van der Waals surface area contributed by atoms with E-state index in [1.165, 1.54) is 12.1 Å². The molecule has 1 saturated carbocycles. The maximum atomic E-state index is 13.6. The van der Waals surface area contributed by atoms with Gasteiger partial charge in [0.05, 0.1) is 35.2 Å². The normalized spacial score (nSPS) is 19.7. The first-order valence-corrected chi connectivity index (χ1v) is 14.3. The summed E-state index contributed by atoms with van der Waals surface area (Å²) in [6.07, 6.45) is 9.33. The molecule has 1 aromatic heterocycles. The molecule has 1 aliphatic carbocycles. The lowest BCUT2D eigenvalue weighted by Gasteiger charge is -2.53. The molecule has 1 aromatic carbocycles. The van der Waals surface area contributed by atoms with Gasteiger partial charge in [-0.1, -0.05) is 12.1 Å². The Kier molecular flexibility index (Phi) is 6.18. The molecule has 4 rings (SSSR count). The Bertz CT molecular complexity index is 1110. The molecule has 4 N–H and O–H groups in total. The van der Waals surface area contributed by atoms with Gasteiger partial charge in [0.1, 0.15) is 5.82 Å². The Hall–Kier alpha value is -2.59. The van der Waals surface area contributed by atoms with Crippen molar-refractivity contribution < 1.29 is 19.1 Å². The fourth-order valence-corrected chi connectivity index (χ4v) is 7.09. The molecular formula is C24H34FN5O3S. The van der Waals surface area contributed by atoms with Gasteiger partial charge in [-0.15, -0.1) is 0 Å². The molecule has 0 spiro atoms. The predicted octanol–water partition coefficient (Wildman–Crippen LogP) is 3.60. The average molecular weight is 492 g/mol. The minimum Gasteiger partial charge on any atom is -0.394 e. The van der Waals surface area contributed by atoms with Crippen LogP contribution in [0.4, 0.5) is 15.0 Å². The number of carbonyl (C=O) groups excluding carboxylic acids is 2. The van der Waals surface area contributed by atoms with E-state index >= 15 is 0 Å². The zero-order valence-electron chi connectivity index (χ0n) is 20.4. The Morgan fingerprint density at radius 1 is 1.29 bits per heavy atom. The van der Waals surface area contributed by atoms with E-state index in [1.54, 1.807) is 17.0 Å². The molecule has 10 heteroatoms. The fraction of sp³-hybridized carbons (Fsp3) is 0.542. The van der Waals surface area contributed by atoms with E-state index in [1.807, 2.05) is 13.8 Å². The number of hydrogen-bond acceptors (Lipinski definition) is 4. The van der Waals surface area contributed by atoms with E-state index < -0.39 is 33.5 Å². The van der Waals surface area contributed by atoms with Crippen LogP contribution in [0.15, 0.2) is 24.3 Å². The van der Waals surface area contributed by atoms with E-state index in [9.17, 15) is 19.1 Å². The van der Waals surface area contributed by atoms with Gasteiger partial charge in [0.25, 0.3) is 0 Å². The van der Waals surface area contributed by atoms with E-state index in [4.69, 9.17) is 0 Å². The molecule has 186 valence electrons. The van der Waals surface area contributed by atoms with Crippen LogP contribution in [0, 0.1) is 5.82 Å². The van der Waals surface area contributed by atoms with Crippen LogP contribution in [0.1, 0.15) is 56.0 Å². The van der Waals surface area contributed by atoms with Crippen LogP contribution < -0.4 is 10.6 Å². The second-order valence-electron chi connectivity index (χ2n) is 10.4. The Labute approximate surface area is 201 Å². The molecule has 8 nitrogen and oxygen atoms in total. The number of halogens is 1. The van der Waals surface area contributed by atoms with Gasteiger partial charge >= 0.3 is 6.03 Å². The Morgan fingerprint density at radius 2 is 2.00 bits per heavy atom. The number of fused-ring (bicyclic) bond motifs is 1.